The molecule has 14 rings (SSSR count). The van der Waals surface area contributed by atoms with Crippen LogP contribution in [-0.2, 0) is 0 Å². The highest BCUT2D eigenvalue weighted by atomic mass is 16.6. The smallest absolute Gasteiger partial charge is 0.181 e. The van der Waals surface area contributed by atoms with Crippen molar-refractivity contribution in [2.24, 2.45) is 0 Å². The van der Waals surface area contributed by atoms with E-state index in [9.17, 15) is 0 Å². The monoisotopic (exact) mass is 670 g/mol. The van der Waals surface area contributed by atoms with E-state index in [-0.39, 0.29) is 0 Å². The summed E-state index contributed by atoms with van der Waals surface area (Å²) in [7, 11) is 3.27. The van der Waals surface area contributed by atoms with Crippen LogP contribution in [0, 0.1) is 0 Å². The molecule has 0 N–H and O–H groups in total. The van der Waals surface area contributed by atoms with E-state index in [0.717, 1.165) is 60.9 Å². The third kappa shape index (κ3) is 5.49. The molecule has 4 aromatic carbocycles. The zero-order chi connectivity index (χ0) is 35.1. The summed E-state index contributed by atoms with van der Waals surface area (Å²) in [6.07, 6.45) is 16.1. The summed E-state index contributed by atoms with van der Waals surface area (Å²) in [4.78, 5) is 0. The first-order chi connectivity index (χ1) is 25.0. The fourth-order valence-electron chi connectivity index (χ4n) is 6.63. The summed E-state index contributed by atoms with van der Waals surface area (Å²) in [5.41, 5.74) is 11.3. The second-order valence-electron chi connectivity index (χ2n) is 12.3. The Bertz CT molecular complexity index is 2560. The molecule has 0 radical (unpaired) electrons. The maximum Gasteiger partial charge on any atom is 0.181 e. The Labute approximate surface area is 294 Å². The number of allylic oxidation sites excluding steroid dienone is 10. The van der Waals surface area contributed by atoms with E-state index < -0.39 is 0 Å². The number of rotatable bonds is 4. The summed E-state index contributed by atoms with van der Waals surface area (Å²) < 4.78 is 30.1. The Balaban J connectivity index is 1.33. The fraction of sp³-hybridized carbons (Fsp3) is 0.0909. The van der Waals surface area contributed by atoms with Gasteiger partial charge in [0.15, 0.2) is 22.7 Å². The predicted octanol–water partition coefficient (Wildman–Crippen LogP) is 11.7. The SMILES string of the molecule is C=CC1=CC=C(C)c2ccc(cc2)-c2ccc(c3nonc23)C(/C=C\C)=CC=Cc2ccc(cc2)-c2cc3c(OC)c4oc1cc4c(OC)c3o2. The number of ether oxygens (including phenoxy) is 2. The first-order valence-electron chi connectivity index (χ1n) is 16.6. The molecule has 0 saturated heterocycles. The Kier molecular flexibility index (Phi) is 8.08. The van der Waals surface area contributed by atoms with Gasteiger partial charge in [-0.2, -0.15) is 0 Å². The third-order valence-electron chi connectivity index (χ3n) is 9.28. The number of nitrogens with zero attached hydrogens (tertiary/aromatic N) is 2. The van der Waals surface area contributed by atoms with Crippen LogP contribution in [0.2, 0.25) is 0 Å². The summed E-state index contributed by atoms with van der Waals surface area (Å²) in [6, 6.07) is 24.6. The molecule has 10 heterocycles. The molecule has 0 amide bonds. The van der Waals surface area contributed by atoms with Crippen LogP contribution in [0.3, 0.4) is 0 Å². The van der Waals surface area contributed by atoms with Crippen LogP contribution >= 0.6 is 0 Å². The highest BCUT2D eigenvalue weighted by Gasteiger charge is 2.24. The van der Waals surface area contributed by atoms with Crippen molar-refractivity contribution >= 4 is 55.8 Å². The van der Waals surface area contributed by atoms with Gasteiger partial charge in [0.2, 0.25) is 0 Å². The van der Waals surface area contributed by atoms with Crippen LogP contribution in [0.25, 0.3) is 78.2 Å². The Morgan fingerprint density at radius 3 is 1.94 bits per heavy atom. The van der Waals surface area contributed by atoms with E-state index in [0.29, 0.717) is 45.2 Å². The van der Waals surface area contributed by atoms with E-state index in [1.54, 1.807) is 20.3 Å². The Hall–Kier alpha value is -6.60. The Morgan fingerprint density at radius 2 is 1.27 bits per heavy atom. The maximum atomic E-state index is 6.47. The van der Waals surface area contributed by atoms with E-state index >= 15 is 0 Å². The molecule has 51 heavy (non-hydrogen) atoms. The molecule has 0 unspecified atom stereocenters. The normalized spacial score (nSPS) is 13.4. The number of furan rings is 2. The van der Waals surface area contributed by atoms with Crippen molar-refractivity contribution in [3.63, 3.8) is 0 Å². The second kappa shape index (κ2) is 13.0. The molecular formula is C44H34N2O5. The van der Waals surface area contributed by atoms with Crippen LogP contribution in [0.1, 0.15) is 36.3 Å². The standard InChI is InChI=1S/C44H34N2O5/c1-6-9-30-11-8-10-27-13-16-32(17-14-27)38-25-36-42(48-5)43-35(41(47-4)44(36)50-38)24-37(49-43)28(7-2)15-12-26(3)29-18-20-31(21-19-29)34-23-22-33(30)39-40(34)46-51-45-39/h6-25H,2H2,1,3-5H3/b9-6-,10-8?,11-8?,15-12?,26-12?,27-10?,28-15?,29-26?,30-11?,33-30?,34-31?,37-28?,38-32?. The average Bonchev–Trinajstić information content (AvgIpc) is 3.93. The van der Waals surface area contributed by atoms with Gasteiger partial charge in [-0.05, 0) is 64.1 Å². The molecule has 7 aromatic rings. The van der Waals surface area contributed by atoms with Gasteiger partial charge < -0.3 is 18.3 Å². The van der Waals surface area contributed by atoms with Gasteiger partial charge in [0.25, 0.3) is 0 Å². The molecule has 0 fully saturated rings. The first kappa shape index (κ1) is 31.7. The summed E-state index contributed by atoms with van der Waals surface area (Å²) in [6.45, 7) is 8.15. The van der Waals surface area contributed by atoms with Crippen LogP contribution in [-0.4, -0.2) is 24.5 Å². The number of benzene rings is 4. The van der Waals surface area contributed by atoms with Gasteiger partial charge in [-0.1, -0.05) is 116 Å². The van der Waals surface area contributed by atoms with Crippen molar-refractivity contribution in [2.45, 2.75) is 13.8 Å². The molecule has 7 heteroatoms. The predicted molar refractivity (Wildman–Crippen MR) is 205 cm³/mol. The summed E-state index contributed by atoms with van der Waals surface area (Å²) >= 11 is 0. The van der Waals surface area contributed by atoms with Crippen molar-refractivity contribution in [2.75, 3.05) is 14.2 Å². The van der Waals surface area contributed by atoms with Crippen LogP contribution in [0.15, 0.2) is 135 Å². The molecule has 7 aliphatic rings. The molecule has 7 aliphatic heterocycles. The highest BCUT2D eigenvalue weighted by Crippen LogP contribution is 2.47. The molecule has 250 valence electrons. The minimum atomic E-state index is 0.570. The molecule has 0 aliphatic carbocycles. The van der Waals surface area contributed by atoms with Crippen LogP contribution in [0.4, 0.5) is 0 Å². The lowest BCUT2D eigenvalue weighted by molar-refractivity contribution is 0.315. The topological polar surface area (TPSA) is 83.7 Å². The number of hydrogen-bond acceptors (Lipinski definition) is 7. The Morgan fingerprint density at radius 1 is 0.667 bits per heavy atom. The van der Waals surface area contributed by atoms with Gasteiger partial charge in [0, 0.05) is 22.3 Å². The number of methoxy groups -OCH3 is 2. The van der Waals surface area contributed by atoms with Gasteiger partial charge in [-0.15, -0.1) is 0 Å². The average molecular weight is 671 g/mol. The van der Waals surface area contributed by atoms with Gasteiger partial charge in [0.1, 0.15) is 22.6 Å². The van der Waals surface area contributed by atoms with E-state index in [4.69, 9.17) is 22.9 Å². The molecular weight excluding hydrogens is 636 g/mol. The number of hydrogen-bond donors (Lipinski definition) is 0. The molecule has 0 atom stereocenters. The molecule has 0 spiro atoms. The van der Waals surface area contributed by atoms with Crippen molar-refractivity contribution in [3.8, 4) is 33.9 Å². The van der Waals surface area contributed by atoms with E-state index in [1.807, 2.05) is 49.4 Å². The summed E-state index contributed by atoms with van der Waals surface area (Å²) in [5, 5.41) is 10.1. The molecule has 7 nitrogen and oxygen atoms in total. The zero-order valence-corrected chi connectivity index (χ0v) is 28.7. The fourth-order valence-corrected chi connectivity index (χ4v) is 6.63. The lowest BCUT2D eigenvalue weighted by Crippen LogP contribution is -1.89. The van der Waals surface area contributed by atoms with Gasteiger partial charge in [-0.25, -0.2) is 4.63 Å². The van der Waals surface area contributed by atoms with Crippen molar-refractivity contribution in [3.05, 3.63) is 144 Å². The van der Waals surface area contributed by atoms with Gasteiger partial charge >= 0.3 is 0 Å². The van der Waals surface area contributed by atoms with Gasteiger partial charge in [-0.3, -0.25) is 0 Å². The van der Waals surface area contributed by atoms with Gasteiger partial charge in [0.05, 0.1) is 25.0 Å². The minimum absolute atomic E-state index is 0.570. The third-order valence-corrected chi connectivity index (χ3v) is 9.28. The largest absolute Gasteiger partial charge is 0.492 e. The maximum absolute atomic E-state index is 6.47. The number of aromatic nitrogens is 2. The first-order valence-corrected chi connectivity index (χ1v) is 16.6. The quantitative estimate of drug-likeness (QED) is 0.184. The zero-order valence-electron chi connectivity index (χ0n) is 28.7. The van der Waals surface area contributed by atoms with Crippen LogP contribution < -0.4 is 9.47 Å². The van der Waals surface area contributed by atoms with Crippen molar-refractivity contribution in [1.82, 2.24) is 10.3 Å². The molecule has 3 aromatic heterocycles. The second-order valence-corrected chi connectivity index (χ2v) is 12.3. The van der Waals surface area contributed by atoms with Crippen LogP contribution in [0.5, 0.6) is 11.5 Å². The lowest BCUT2D eigenvalue weighted by atomic mass is 9.95. The summed E-state index contributed by atoms with van der Waals surface area (Å²) in [5.74, 6) is 2.46. The lowest BCUT2D eigenvalue weighted by Gasteiger charge is -2.08. The van der Waals surface area contributed by atoms with Crippen molar-refractivity contribution in [1.29, 1.82) is 0 Å². The minimum Gasteiger partial charge on any atom is -0.492 e. The highest BCUT2D eigenvalue weighted by molar-refractivity contribution is 6.09. The van der Waals surface area contributed by atoms with E-state index in [2.05, 4.69) is 96.7 Å². The van der Waals surface area contributed by atoms with E-state index in [1.165, 1.54) is 0 Å². The van der Waals surface area contributed by atoms with Crippen molar-refractivity contribution < 1.29 is 22.9 Å². The molecule has 0 saturated carbocycles. The molecule has 12 bridgehead atoms.